The summed E-state index contributed by atoms with van der Waals surface area (Å²) in [5.74, 6) is 0.519. The Labute approximate surface area is 218 Å². The van der Waals surface area contributed by atoms with Crippen LogP contribution in [0.2, 0.25) is 0 Å². The third-order valence-electron chi connectivity index (χ3n) is 7.04. The molecule has 0 aromatic carbocycles. The maximum atomic E-state index is 6.38. The van der Waals surface area contributed by atoms with Crippen molar-refractivity contribution in [3.05, 3.63) is 60.6 Å². The van der Waals surface area contributed by atoms with Gasteiger partial charge in [-0.1, -0.05) is 98.3 Å². The summed E-state index contributed by atoms with van der Waals surface area (Å²) in [7, 11) is 0. The lowest BCUT2D eigenvalue weighted by Crippen LogP contribution is -2.36. The number of likely N-dealkylation sites (tertiary alicyclic amines) is 2. The molecule has 35 heavy (non-hydrogen) atoms. The van der Waals surface area contributed by atoms with E-state index in [1.165, 1.54) is 49.8 Å². The molecule has 2 heterocycles. The van der Waals surface area contributed by atoms with Crippen LogP contribution in [0.4, 0.5) is 0 Å². The van der Waals surface area contributed by atoms with Gasteiger partial charge in [-0.3, -0.25) is 0 Å². The fraction of sp³-hybridized carbons (Fsp3) is 0.677. The second-order valence-corrected chi connectivity index (χ2v) is 9.63. The molecule has 3 aliphatic rings. The molecule has 2 aliphatic heterocycles. The number of nitrogens with one attached hydrogen (secondary N) is 1. The number of allylic oxidation sites excluding steroid dienone is 4. The van der Waals surface area contributed by atoms with Gasteiger partial charge in [0.05, 0.1) is 6.04 Å². The highest BCUT2D eigenvalue weighted by Gasteiger charge is 2.34. The monoisotopic (exact) mass is 484 g/mol. The van der Waals surface area contributed by atoms with Gasteiger partial charge >= 0.3 is 0 Å². The van der Waals surface area contributed by atoms with Crippen molar-refractivity contribution in [2.75, 3.05) is 26.2 Å². The molecule has 200 valence electrons. The van der Waals surface area contributed by atoms with Crippen LogP contribution in [0, 0.1) is 5.92 Å². The molecule has 0 radical (unpaired) electrons. The second-order valence-electron chi connectivity index (χ2n) is 9.63. The van der Waals surface area contributed by atoms with Crippen molar-refractivity contribution in [3.63, 3.8) is 0 Å². The molecule has 0 amide bonds. The largest absolute Gasteiger partial charge is 0.387 e. The van der Waals surface area contributed by atoms with E-state index in [0.29, 0.717) is 5.92 Å². The van der Waals surface area contributed by atoms with Crippen LogP contribution in [0.3, 0.4) is 0 Å². The predicted molar refractivity (Wildman–Crippen MR) is 156 cm³/mol. The molecule has 2 saturated heterocycles. The summed E-state index contributed by atoms with van der Waals surface area (Å²) in [4.78, 5) is 4.86. The first-order valence-corrected chi connectivity index (χ1v) is 14.4. The summed E-state index contributed by atoms with van der Waals surface area (Å²) in [6, 6.07) is 0.412. The third kappa shape index (κ3) is 9.91. The Morgan fingerprint density at radius 3 is 2.49 bits per heavy atom. The normalized spacial score (nSPS) is 23.2. The first-order valence-electron chi connectivity index (χ1n) is 14.4. The van der Waals surface area contributed by atoms with Crippen molar-refractivity contribution in [1.82, 2.24) is 15.1 Å². The maximum absolute atomic E-state index is 6.38. The van der Waals surface area contributed by atoms with Crippen molar-refractivity contribution in [2.45, 2.75) is 104 Å². The van der Waals surface area contributed by atoms with Crippen LogP contribution in [-0.2, 0) is 0 Å². The Balaban J connectivity index is 0.00000145. The smallest absolute Gasteiger partial charge is 0.0698 e. The van der Waals surface area contributed by atoms with E-state index in [0.717, 1.165) is 56.8 Å². The van der Waals surface area contributed by atoms with Crippen molar-refractivity contribution in [1.29, 1.82) is 0 Å². The quantitative estimate of drug-likeness (QED) is 0.289. The van der Waals surface area contributed by atoms with Gasteiger partial charge in [0.2, 0.25) is 0 Å². The van der Waals surface area contributed by atoms with Crippen LogP contribution in [-0.4, -0.2) is 48.1 Å². The molecule has 3 rings (SSSR count). The van der Waals surface area contributed by atoms with Crippen molar-refractivity contribution in [2.24, 2.45) is 11.7 Å². The first kappa shape index (κ1) is 31.1. The van der Waals surface area contributed by atoms with E-state index in [9.17, 15) is 0 Å². The topological polar surface area (TPSA) is 44.5 Å². The average molecular weight is 485 g/mol. The summed E-state index contributed by atoms with van der Waals surface area (Å²) in [5.41, 5.74) is 11.2. The maximum Gasteiger partial charge on any atom is 0.0698 e. The molecule has 4 nitrogen and oxygen atoms in total. The van der Waals surface area contributed by atoms with Crippen molar-refractivity contribution in [3.8, 4) is 0 Å². The molecule has 3 unspecified atom stereocenters. The first-order chi connectivity index (χ1) is 17.0. The van der Waals surface area contributed by atoms with Crippen molar-refractivity contribution >= 4 is 0 Å². The average Bonchev–Trinajstić information content (AvgIpc) is 3.48. The summed E-state index contributed by atoms with van der Waals surface area (Å²) in [6.07, 6.45) is 17.6. The Hall–Kier alpha value is -1.94. The Kier molecular flexibility index (Phi) is 15.5. The Bertz CT molecular complexity index is 705. The highest BCUT2D eigenvalue weighted by molar-refractivity contribution is 5.36. The highest BCUT2D eigenvalue weighted by atomic mass is 15.2. The minimum Gasteiger partial charge on any atom is -0.387 e. The SMILES string of the molecule is C=C(NCCCCCCC)C1CC(N)CN1C(=C)C1=CC=CC(CN2CCCC2=C)C1.CC.CC. The lowest BCUT2D eigenvalue weighted by Gasteiger charge is -2.33. The summed E-state index contributed by atoms with van der Waals surface area (Å²) in [6.45, 7) is 27.4. The van der Waals surface area contributed by atoms with E-state index in [1.54, 1.807) is 0 Å². The third-order valence-corrected chi connectivity index (χ3v) is 7.04. The van der Waals surface area contributed by atoms with E-state index in [-0.39, 0.29) is 12.1 Å². The zero-order valence-electron chi connectivity index (χ0n) is 23.7. The summed E-state index contributed by atoms with van der Waals surface area (Å²) in [5, 5.41) is 3.59. The summed E-state index contributed by atoms with van der Waals surface area (Å²) < 4.78 is 0. The van der Waals surface area contributed by atoms with E-state index in [4.69, 9.17) is 5.73 Å². The van der Waals surface area contributed by atoms with Gasteiger partial charge in [-0.15, -0.1) is 0 Å². The molecule has 0 saturated carbocycles. The number of nitrogens with zero attached hydrogens (tertiary/aromatic N) is 2. The van der Waals surface area contributed by atoms with E-state index < -0.39 is 0 Å². The second kappa shape index (κ2) is 17.5. The molecular weight excluding hydrogens is 428 g/mol. The zero-order valence-corrected chi connectivity index (χ0v) is 23.7. The molecule has 0 aromatic rings. The van der Waals surface area contributed by atoms with Crippen LogP contribution in [0.15, 0.2) is 60.6 Å². The van der Waals surface area contributed by atoms with Gasteiger partial charge in [0.1, 0.15) is 0 Å². The molecule has 4 heteroatoms. The predicted octanol–water partition coefficient (Wildman–Crippen LogP) is 7.14. The van der Waals surface area contributed by atoms with Crippen LogP contribution >= 0.6 is 0 Å². The molecule has 0 bridgehead atoms. The van der Waals surface area contributed by atoms with E-state index >= 15 is 0 Å². The van der Waals surface area contributed by atoms with Crippen LogP contribution in [0.25, 0.3) is 0 Å². The minimum atomic E-state index is 0.174. The van der Waals surface area contributed by atoms with Gasteiger partial charge < -0.3 is 20.9 Å². The zero-order chi connectivity index (χ0) is 26.2. The standard InChI is InChI=1S/C27H44N4.2C2H6/c1-5-6-7-8-9-15-29-22(3)27-18-26(28)20-31(27)23(4)25-14-10-13-24(17-25)19-30-16-11-12-21(30)2;2*1-2/h10,13-14,24,26-27,29H,2-9,11-12,15-20,28H2,1H3;2*1-2H3. The fourth-order valence-electron chi connectivity index (χ4n) is 5.16. The highest BCUT2D eigenvalue weighted by Crippen LogP contribution is 2.33. The summed E-state index contributed by atoms with van der Waals surface area (Å²) >= 11 is 0. The Morgan fingerprint density at radius 2 is 1.83 bits per heavy atom. The van der Waals surface area contributed by atoms with Crippen LogP contribution in [0.5, 0.6) is 0 Å². The van der Waals surface area contributed by atoms with Gasteiger partial charge in [-0.2, -0.15) is 0 Å². The molecular formula is C31H56N4. The van der Waals surface area contributed by atoms with Gasteiger partial charge in [-0.05, 0) is 43.6 Å². The number of unbranched alkanes of at least 4 members (excludes halogenated alkanes) is 4. The van der Waals surface area contributed by atoms with Crippen molar-refractivity contribution < 1.29 is 0 Å². The van der Waals surface area contributed by atoms with Gasteiger partial charge in [0, 0.05) is 49.3 Å². The Morgan fingerprint density at radius 1 is 1.11 bits per heavy atom. The number of hydrogen-bond acceptors (Lipinski definition) is 4. The molecule has 0 spiro atoms. The van der Waals surface area contributed by atoms with E-state index in [1.807, 2.05) is 27.7 Å². The van der Waals surface area contributed by atoms with Crippen LogP contribution in [0.1, 0.15) is 92.4 Å². The van der Waals surface area contributed by atoms with E-state index in [2.05, 4.69) is 60.0 Å². The number of rotatable bonds is 12. The number of nitrogens with two attached hydrogens (primary N) is 1. The minimum absolute atomic E-state index is 0.174. The molecule has 3 N–H and O–H groups in total. The van der Waals surface area contributed by atoms with Gasteiger partial charge in [-0.25, -0.2) is 0 Å². The molecule has 1 aliphatic carbocycles. The fourth-order valence-corrected chi connectivity index (χ4v) is 5.16. The molecule has 0 aromatic heterocycles. The van der Waals surface area contributed by atoms with Gasteiger partial charge in [0.15, 0.2) is 0 Å². The number of hydrogen-bond donors (Lipinski definition) is 2. The lowest BCUT2D eigenvalue weighted by atomic mass is 9.91. The lowest BCUT2D eigenvalue weighted by molar-refractivity contribution is 0.329. The molecule has 2 fully saturated rings. The van der Waals surface area contributed by atoms with Gasteiger partial charge in [0.25, 0.3) is 0 Å². The molecule has 3 atom stereocenters. The van der Waals surface area contributed by atoms with Crippen LogP contribution < -0.4 is 11.1 Å².